The second-order valence-electron chi connectivity index (χ2n) is 1.45. The fourth-order valence-electron chi connectivity index (χ4n) is 0.253. The van der Waals surface area contributed by atoms with Crippen molar-refractivity contribution in [2.75, 3.05) is 0 Å². The molecular weight excluding hydrogens is 351 g/mol. The Balaban J connectivity index is 0. The topological polar surface area (TPSA) is 94.8 Å². The molecule has 0 aliphatic heterocycles. The molecule has 5 nitrogen and oxygen atoms in total. The molecule has 0 spiro atoms. The van der Waals surface area contributed by atoms with Crippen LogP contribution in [0.1, 0.15) is 6.42 Å². The predicted molar refractivity (Wildman–Crippen MR) is 25.9 cm³/mol. The number of rotatable bonds is 3. The van der Waals surface area contributed by atoms with E-state index in [1.165, 1.54) is 0 Å². The Bertz CT molecular complexity index is 134. The van der Waals surface area contributed by atoms with Crippen molar-refractivity contribution in [2.24, 2.45) is 0 Å². The fourth-order valence-corrected chi connectivity index (χ4v) is 0.253. The number of carbonyl (C=O) groups is 2. The summed E-state index contributed by atoms with van der Waals surface area (Å²) in [6, 6.07) is 0. The molecule has 0 aromatic carbocycles. The minimum Gasteiger partial charge on any atom is -0.481 e. The molecule has 0 heterocycles. The first-order valence-corrected chi connectivity index (χ1v) is 2.16. The first-order valence-electron chi connectivity index (χ1n) is 2.16. The molecule has 3 N–H and O–H groups in total. The Kier molecular flexibility index (Phi) is 8.16. The molecule has 1 radical (unpaired) electrons. The summed E-state index contributed by atoms with van der Waals surface area (Å²) in [5.41, 5.74) is 0. The molecule has 0 aliphatic carbocycles. The molecule has 0 saturated heterocycles. The van der Waals surface area contributed by atoms with Crippen LogP contribution in [0.5, 0.6) is 0 Å². The summed E-state index contributed by atoms with van der Waals surface area (Å²) in [6.45, 7) is 0. The van der Waals surface area contributed by atoms with Gasteiger partial charge in [0.15, 0.2) is 6.10 Å². The molecule has 0 saturated carbocycles. The van der Waals surface area contributed by atoms with Crippen LogP contribution in [0.3, 0.4) is 0 Å². The minimum atomic E-state index is -1.79. The van der Waals surface area contributed by atoms with E-state index >= 15 is 0 Å². The molecule has 0 bridgehead atoms. The van der Waals surface area contributed by atoms with Crippen LogP contribution in [0.4, 0.5) is 0 Å². The van der Waals surface area contributed by atoms with Crippen LogP contribution >= 0.6 is 0 Å². The molecule has 10 heavy (non-hydrogen) atoms. The molecule has 1 unspecified atom stereocenters. The Morgan fingerprint density at radius 3 is 1.80 bits per heavy atom. The average Bonchev–Trinajstić information content (AvgIpc) is 1.63. The molecule has 0 amide bonds. The maximum absolute atomic E-state index is 9.72. The Hall–Kier alpha value is 0.497. The molecule has 1 atom stereocenters. The number of aliphatic hydroxyl groups is 1. The van der Waals surface area contributed by atoms with E-state index in [1.807, 2.05) is 0 Å². The van der Waals surface area contributed by atoms with Crippen LogP contribution in [0.25, 0.3) is 0 Å². The maximum atomic E-state index is 9.72. The molecule has 0 rings (SSSR count). The quantitative estimate of drug-likeness (QED) is 0.597. The van der Waals surface area contributed by atoms with Crippen molar-refractivity contribution in [2.45, 2.75) is 12.5 Å². The van der Waals surface area contributed by atoms with Gasteiger partial charge in [0.1, 0.15) is 0 Å². The van der Waals surface area contributed by atoms with Gasteiger partial charge in [-0.05, 0) is 0 Å². The smallest absolute Gasteiger partial charge is 0.333 e. The van der Waals surface area contributed by atoms with Crippen molar-refractivity contribution in [1.29, 1.82) is 0 Å². The normalized spacial score (nSPS) is 11.3. The third-order valence-corrected chi connectivity index (χ3v) is 0.653. The summed E-state index contributed by atoms with van der Waals surface area (Å²) < 4.78 is 0. The van der Waals surface area contributed by atoms with Gasteiger partial charge in [0, 0.05) is 49.9 Å². The molecule has 53 valence electrons. The van der Waals surface area contributed by atoms with E-state index in [2.05, 4.69) is 0 Å². The van der Waals surface area contributed by atoms with Crippen LogP contribution in [0, 0.1) is 49.9 Å². The van der Waals surface area contributed by atoms with Crippen molar-refractivity contribution < 1.29 is 74.8 Å². The Morgan fingerprint density at radius 2 is 1.70 bits per heavy atom. The Morgan fingerprint density at radius 1 is 1.30 bits per heavy atom. The summed E-state index contributed by atoms with van der Waals surface area (Å²) in [6.07, 6.45) is -2.54. The summed E-state index contributed by atoms with van der Waals surface area (Å²) in [7, 11) is 0. The van der Waals surface area contributed by atoms with Gasteiger partial charge >= 0.3 is 11.9 Å². The van der Waals surface area contributed by atoms with Gasteiger partial charge < -0.3 is 15.3 Å². The van der Waals surface area contributed by atoms with Crippen molar-refractivity contribution in [3.63, 3.8) is 0 Å². The zero-order chi connectivity index (χ0) is 7.44. The summed E-state index contributed by atoms with van der Waals surface area (Å²) in [5.74, 6) is -2.85. The second-order valence-corrected chi connectivity index (χ2v) is 1.45. The molecule has 0 aromatic rings. The number of carboxylic acid groups (broad SMARTS) is 2. The molecule has 0 aromatic heterocycles. The van der Waals surface area contributed by atoms with Crippen LogP contribution in [-0.2, 0) is 9.59 Å². The fraction of sp³-hybridized carbons (Fsp3) is 0.500. The number of aliphatic carboxylic acids is 2. The van der Waals surface area contributed by atoms with E-state index in [1.54, 1.807) is 0 Å². The van der Waals surface area contributed by atoms with Gasteiger partial charge in [0.2, 0.25) is 0 Å². The average molecular weight is 357 g/mol. The van der Waals surface area contributed by atoms with Crippen LogP contribution in [0.15, 0.2) is 0 Å². The van der Waals surface area contributed by atoms with Gasteiger partial charge in [0.25, 0.3) is 0 Å². The first kappa shape index (κ1) is 13.1. The van der Waals surface area contributed by atoms with Gasteiger partial charge in [-0.2, -0.15) is 0 Å². The largest absolute Gasteiger partial charge is 0.481 e. The van der Waals surface area contributed by atoms with Crippen molar-refractivity contribution in [3.8, 4) is 0 Å². The first-order chi connectivity index (χ1) is 4.04. The zero-order valence-electron chi connectivity index (χ0n) is 5.44. The third kappa shape index (κ3) is 6.62. The van der Waals surface area contributed by atoms with E-state index < -0.39 is 24.5 Å². The van der Waals surface area contributed by atoms with E-state index in [0.717, 1.165) is 0 Å². The van der Waals surface area contributed by atoms with Gasteiger partial charge in [-0.15, -0.1) is 0 Å². The maximum Gasteiger partial charge on any atom is 0.333 e. The van der Waals surface area contributed by atoms with Gasteiger partial charge in [-0.1, -0.05) is 0 Å². The van der Waals surface area contributed by atoms with Gasteiger partial charge in [0.05, 0.1) is 6.42 Å². The van der Waals surface area contributed by atoms with Crippen LogP contribution < -0.4 is 0 Å². The molecule has 0 fully saturated rings. The second kappa shape index (κ2) is 6.22. The van der Waals surface area contributed by atoms with E-state index in [0.29, 0.717) is 0 Å². The zero-order valence-corrected chi connectivity index (χ0v) is 13.7. The molecule has 0 aliphatic rings. The van der Waals surface area contributed by atoms with Crippen LogP contribution in [-0.4, -0.2) is 33.4 Å². The van der Waals surface area contributed by atoms with Crippen LogP contribution in [0.2, 0.25) is 0 Å². The van der Waals surface area contributed by atoms with Crippen molar-refractivity contribution in [3.05, 3.63) is 0 Å². The summed E-state index contributed by atoms with van der Waals surface area (Å²) in [4.78, 5) is 19.4. The number of aliphatic hydroxyl groups excluding tert-OH is 1. The molecule has 6 heteroatoms. The summed E-state index contributed by atoms with van der Waals surface area (Å²) in [5, 5.41) is 24.1. The van der Waals surface area contributed by atoms with E-state index in [4.69, 9.17) is 15.3 Å². The number of carboxylic acids is 2. The summed E-state index contributed by atoms with van der Waals surface area (Å²) >= 11 is 0. The number of hydrogen-bond acceptors (Lipinski definition) is 3. The standard InChI is InChI=1S/C4H6O5.Fr/c5-2(4(8)9)1-3(6)7;/h2,5H,1H2,(H,6,7)(H,8,9);. The van der Waals surface area contributed by atoms with E-state index in [-0.39, 0.29) is 49.9 Å². The van der Waals surface area contributed by atoms with Crippen molar-refractivity contribution in [1.82, 2.24) is 0 Å². The van der Waals surface area contributed by atoms with Crippen molar-refractivity contribution >= 4 is 11.9 Å². The monoisotopic (exact) mass is 357 g/mol. The predicted octanol–water partition coefficient (Wildman–Crippen LogP) is -1.09. The number of hydrogen-bond donors (Lipinski definition) is 3. The van der Waals surface area contributed by atoms with Gasteiger partial charge in [-0.3, -0.25) is 4.79 Å². The minimum absolute atomic E-state index is 0. The van der Waals surface area contributed by atoms with Gasteiger partial charge in [-0.25, -0.2) is 4.79 Å². The van der Waals surface area contributed by atoms with E-state index in [9.17, 15) is 9.59 Å². The Labute approximate surface area is 98.0 Å². The SMILES string of the molecule is O=C(O)CC(O)C(=O)O.[Fr]. The third-order valence-electron chi connectivity index (χ3n) is 0.653. The molecular formula is C4H6FrO5.